The highest BCUT2D eigenvalue weighted by atomic mass is 32.2. The molecule has 3 rings (SSSR count). The molecule has 0 spiro atoms. The van der Waals surface area contributed by atoms with Crippen molar-refractivity contribution in [1.82, 2.24) is 25.0 Å². The maximum Gasteiger partial charge on any atom is 0.407 e. The largest absolute Gasteiger partial charge is 0.444 e. The number of halogens is 1. The number of hydrogen-bond donors (Lipinski definition) is 3. The number of carbonyl (C=O) groups excluding carboxylic acids is 3. The predicted octanol–water partition coefficient (Wildman–Crippen LogP) is 4.68. The number of aryl methyl sites for hydroxylation is 1. The summed E-state index contributed by atoms with van der Waals surface area (Å²) in [5, 5.41) is 22.7. The van der Waals surface area contributed by atoms with Crippen molar-refractivity contribution in [2.75, 3.05) is 11.9 Å². The van der Waals surface area contributed by atoms with Gasteiger partial charge in [0.25, 0.3) is 10.0 Å². The first-order chi connectivity index (χ1) is 22.4. The van der Waals surface area contributed by atoms with E-state index in [0.29, 0.717) is 23.4 Å². The molecule has 0 atom stereocenters. The van der Waals surface area contributed by atoms with Crippen molar-refractivity contribution >= 4 is 33.6 Å². The zero-order valence-electron chi connectivity index (χ0n) is 28.2. The number of carbonyl (C=O) groups is 3. The molecule has 2 aromatic carbocycles. The SMILES string of the molecule is CC(C)c1cc(C#N)c(F)c(C(C)C)c1CC(=O)NS(=O)(=O)c1cccc(NC(=O)CCc2cn(CCNC(=O)OC(C)(C)C)nn2)c1. The van der Waals surface area contributed by atoms with E-state index < -0.39 is 45.8 Å². The van der Waals surface area contributed by atoms with Crippen LogP contribution in [0.3, 0.4) is 0 Å². The summed E-state index contributed by atoms with van der Waals surface area (Å²) in [6.45, 7) is 13.1. The van der Waals surface area contributed by atoms with Crippen LogP contribution >= 0.6 is 0 Å². The lowest BCUT2D eigenvalue weighted by atomic mass is 9.85. The molecule has 0 aliphatic heterocycles. The first kappa shape index (κ1) is 37.6. The molecule has 0 saturated heterocycles. The van der Waals surface area contributed by atoms with Gasteiger partial charge in [-0.15, -0.1) is 5.10 Å². The van der Waals surface area contributed by atoms with Gasteiger partial charge < -0.3 is 15.4 Å². The quantitative estimate of drug-likeness (QED) is 0.230. The lowest BCUT2D eigenvalue weighted by Gasteiger charge is -2.21. The highest BCUT2D eigenvalue weighted by Gasteiger charge is 2.26. The molecule has 48 heavy (non-hydrogen) atoms. The fourth-order valence-electron chi connectivity index (χ4n) is 4.90. The summed E-state index contributed by atoms with van der Waals surface area (Å²) < 4.78 is 50.2. The van der Waals surface area contributed by atoms with Crippen molar-refractivity contribution in [2.24, 2.45) is 0 Å². The van der Waals surface area contributed by atoms with Gasteiger partial charge in [0.15, 0.2) is 0 Å². The summed E-state index contributed by atoms with van der Waals surface area (Å²) in [6.07, 6.45) is 0.982. The standard InChI is InChI=1S/C33H42FN7O6S/c1-20(2)26-15-22(18-35)31(34)30(21(3)4)27(26)17-29(43)39-48(45,46)25-10-8-9-23(16-25)37-28(42)12-11-24-19-41(40-38-24)14-13-36-32(44)47-33(5,6)7/h8-10,15-16,19-21H,11-14,17H2,1-7H3,(H,36,44)(H,37,42)(H,39,43). The van der Waals surface area contributed by atoms with Crippen LogP contribution < -0.4 is 15.4 Å². The maximum atomic E-state index is 15.2. The Balaban J connectivity index is 1.61. The van der Waals surface area contributed by atoms with Crippen LogP contribution in [-0.4, -0.2) is 53.5 Å². The molecule has 3 amide bonds. The summed E-state index contributed by atoms with van der Waals surface area (Å²) in [4.78, 5) is 37.2. The number of amides is 3. The fraction of sp³-hybridized carbons (Fsp3) is 0.455. The van der Waals surface area contributed by atoms with Gasteiger partial charge in [-0.25, -0.2) is 22.3 Å². The van der Waals surface area contributed by atoms with Gasteiger partial charge >= 0.3 is 6.09 Å². The third kappa shape index (κ3) is 10.6. The van der Waals surface area contributed by atoms with Crippen molar-refractivity contribution in [1.29, 1.82) is 5.26 Å². The van der Waals surface area contributed by atoms with Gasteiger partial charge in [0.1, 0.15) is 17.5 Å². The molecule has 3 aromatic rings. The van der Waals surface area contributed by atoms with E-state index in [1.807, 2.05) is 24.6 Å². The van der Waals surface area contributed by atoms with Crippen molar-refractivity contribution < 1.29 is 31.9 Å². The molecule has 1 heterocycles. The number of alkyl carbamates (subject to hydrolysis) is 1. The van der Waals surface area contributed by atoms with Crippen LogP contribution in [0, 0.1) is 17.1 Å². The van der Waals surface area contributed by atoms with Crippen molar-refractivity contribution in [3.05, 3.63) is 70.3 Å². The fourth-order valence-corrected chi connectivity index (χ4v) is 5.92. The molecule has 0 radical (unpaired) electrons. The van der Waals surface area contributed by atoms with Crippen LogP contribution in [0.5, 0.6) is 0 Å². The molecule has 0 aliphatic rings. The molecular formula is C33H42FN7O6S. The van der Waals surface area contributed by atoms with E-state index in [-0.39, 0.29) is 52.9 Å². The third-order valence-electron chi connectivity index (χ3n) is 6.98. The van der Waals surface area contributed by atoms with Crippen molar-refractivity contribution in [2.45, 2.75) is 96.6 Å². The number of aromatic nitrogens is 3. The minimum Gasteiger partial charge on any atom is -0.444 e. The van der Waals surface area contributed by atoms with Crippen LogP contribution in [0.2, 0.25) is 0 Å². The number of sulfonamides is 1. The number of nitriles is 1. The Morgan fingerprint density at radius 3 is 2.42 bits per heavy atom. The Kier molecular flexibility index (Phi) is 12.4. The summed E-state index contributed by atoms with van der Waals surface area (Å²) in [6, 6.07) is 8.70. The van der Waals surface area contributed by atoms with E-state index in [2.05, 4.69) is 20.9 Å². The van der Waals surface area contributed by atoms with Gasteiger partial charge in [0.2, 0.25) is 11.8 Å². The topological polar surface area (TPSA) is 185 Å². The summed E-state index contributed by atoms with van der Waals surface area (Å²) >= 11 is 0. The summed E-state index contributed by atoms with van der Waals surface area (Å²) in [7, 11) is -4.35. The minimum absolute atomic E-state index is 0.0279. The number of ether oxygens (including phenoxy) is 1. The molecule has 13 nitrogen and oxygen atoms in total. The van der Waals surface area contributed by atoms with Gasteiger partial charge in [0, 0.05) is 31.3 Å². The zero-order chi connectivity index (χ0) is 35.8. The highest BCUT2D eigenvalue weighted by Crippen LogP contribution is 2.33. The van der Waals surface area contributed by atoms with Crippen molar-refractivity contribution in [3.8, 4) is 6.07 Å². The van der Waals surface area contributed by atoms with Gasteiger partial charge in [0.05, 0.1) is 29.1 Å². The van der Waals surface area contributed by atoms with Crippen molar-refractivity contribution in [3.63, 3.8) is 0 Å². The van der Waals surface area contributed by atoms with E-state index in [1.165, 1.54) is 35.0 Å². The second kappa shape index (κ2) is 15.8. The monoisotopic (exact) mass is 683 g/mol. The highest BCUT2D eigenvalue weighted by molar-refractivity contribution is 7.90. The Labute approximate surface area is 280 Å². The summed E-state index contributed by atoms with van der Waals surface area (Å²) in [5.74, 6) is -2.51. The molecule has 0 unspecified atom stereocenters. The average Bonchev–Trinajstić information content (AvgIpc) is 3.42. The first-order valence-electron chi connectivity index (χ1n) is 15.5. The molecule has 15 heteroatoms. The van der Waals surface area contributed by atoms with E-state index in [9.17, 15) is 28.1 Å². The average molecular weight is 684 g/mol. The number of hydrogen-bond acceptors (Lipinski definition) is 9. The number of benzene rings is 2. The second-order valence-corrected chi connectivity index (χ2v) is 14.5. The molecule has 0 saturated carbocycles. The molecule has 0 aliphatic carbocycles. The van der Waals surface area contributed by atoms with E-state index in [4.69, 9.17) is 4.74 Å². The lowest BCUT2D eigenvalue weighted by molar-refractivity contribution is -0.119. The minimum atomic E-state index is -4.35. The van der Waals surface area contributed by atoms with E-state index in [0.717, 1.165) is 0 Å². The van der Waals surface area contributed by atoms with Gasteiger partial charge in [-0.2, -0.15) is 5.26 Å². The smallest absolute Gasteiger partial charge is 0.407 e. The Hall–Kier alpha value is -4.84. The number of nitrogens with zero attached hydrogens (tertiary/aromatic N) is 4. The molecule has 258 valence electrons. The van der Waals surface area contributed by atoms with Gasteiger partial charge in [-0.3, -0.25) is 14.3 Å². The van der Waals surface area contributed by atoms with Gasteiger partial charge in [-0.1, -0.05) is 39.0 Å². The third-order valence-corrected chi connectivity index (χ3v) is 8.35. The summed E-state index contributed by atoms with van der Waals surface area (Å²) in [5.41, 5.74) is 1.15. The lowest BCUT2D eigenvalue weighted by Crippen LogP contribution is -2.34. The van der Waals surface area contributed by atoms with Gasteiger partial charge in [-0.05, 0) is 73.6 Å². The van der Waals surface area contributed by atoms with Crippen LogP contribution in [0.25, 0.3) is 0 Å². The van der Waals surface area contributed by atoms with E-state index in [1.54, 1.807) is 40.8 Å². The molecule has 0 bridgehead atoms. The van der Waals surface area contributed by atoms with Crippen LogP contribution in [0.4, 0.5) is 14.9 Å². The number of rotatable bonds is 13. The molecule has 1 aromatic heterocycles. The van der Waals surface area contributed by atoms with E-state index >= 15 is 4.39 Å². The number of nitrogens with one attached hydrogen (secondary N) is 3. The first-order valence-corrected chi connectivity index (χ1v) is 16.9. The normalized spacial score (nSPS) is 11.7. The predicted molar refractivity (Wildman–Crippen MR) is 176 cm³/mol. The molecule has 0 fully saturated rings. The second-order valence-electron chi connectivity index (χ2n) is 12.8. The molecule has 3 N–H and O–H groups in total. The van der Waals surface area contributed by atoms with Crippen LogP contribution in [0.1, 0.15) is 94.7 Å². The van der Waals surface area contributed by atoms with Crippen LogP contribution in [-0.2, 0) is 43.7 Å². The Morgan fingerprint density at radius 2 is 1.79 bits per heavy atom. The Morgan fingerprint density at radius 1 is 1.08 bits per heavy atom. The Bertz CT molecular complexity index is 1810. The van der Waals surface area contributed by atoms with Crippen LogP contribution in [0.15, 0.2) is 41.4 Å². The zero-order valence-corrected chi connectivity index (χ0v) is 29.0. The number of anilines is 1. The molecular weight excluding hydrogens is 641 g/mol. The maximum absolute atomic E-state index is 15.2.